The molecule has 0 saturated carbocycles. The minimum atomic E-state index is -4.33. The molecule has 1 saturated heterocycles. The third-order valence-electron chi connectivity index (χ3n) is 6.41. The second kappa shape index (κ2) is 6.69. The summed E-state index contributed by atoms with van der Waals surface area (Å²) in [6.07, 6.45) is -2.15. The first-order valence-electron chi connectivity index (χ1n) is 10.0. The number of benzene rings is 2. The Morgan fingerprint density at radius 1 is 1.14 bits per heavy atom. The third kappa shape index (κ3) is 3.04. The fourth-order valence-electron chi connectivity index (χ4n) is 5.15. The van der Waals surface area contributed by atoms with Gasteiger partial charge in [-0.05, 0) is 53.6 Å². The summed E-state index contributed by atoms with van der Waals surface area (Å²) in [4.78, 5) is 2.52. The monoisotopic (exact) mass is 387 g/mol. The van der Waals surface area contributed by atoms with Crippen molar-refractivity contribution in [1.82, 2.24) is 5.32 Å². The Morgan fingerprint density at radius 3 is 2.86 bits per heavy atom. The van der Waals surface area contributed by atoms with Crippen molar-refractivity contribution in [1.29, 1.82) is 0 Å². The number of alkyl halides is 3. The van der Waals surface area contributed by atoms with Crippen molar-refractivity contribution in [3.8, 4) is 0 Å². The molecule has 0 aromatic heterocycles. The molecule has 5 rings (SSSR count). The largest absolute Gasteiger partial charge is 0.416 e. The Bertz CT molecular complexity index is 893. The van der Waals surface area contributed by atoms with E-state index in [1.54, 1.807) is 12.1 Å². The van der Waals surface area contributed by atoms with Crippen LogP contribution in [0, 0.1) is 5.92 Å². The van der Waals surface area contributed by atoms with Crippen LogP contribution in [0.5, 0.6) is 0 Å². The van der Waals surface area contributed by atoms with Crippen LogP contribution in [0.4, 0.5) is 24.5 Å². The van der Waals surface area contributed by atoms with Crippen molar-refractivity contribution >= 4 is 11.4 Å². The van der Waals surface area contributed by atoms with Crippen molar-refractivity contribution in [2.45, 2.75) is 31.5 Å². The highest BCUT2D eigenvalue weighted by molar-refractivity contribution is 5.70. The highest BCUT2D eigenvalue weighted by Gasteiger charge is 2.39. The molecule has 2 aromatic carbocycles. The molecule has 0 amide bonds. The molecule has 3 nitrogen and oxygen atoms in total. The lowest BCUT2D eigenvalue weighted by Gasteiger charge is -2.42. The van der Waals surface area contributed by atoms with E-state index in [9.17, 15) is 13.2 Å². The quantitative estimate of drug-likeness (QED) is 0.818. The molecular weight excluding hydrogens is 363 g/mol. The lowest BCUT2D eigenvalue weighted by molar-refractivity contribution is -0.138. The predicted molar refractivity (Wildman–Crippen MR) is 105 cm³/mol. The van der Waals surface area contributed by atoms with Crippen molar-refractivity contribution in [2.24, 2.45) is 5.92 Å². The number of hydrogen-bond acceptors (Lipinski definition) is 3. The highest BCUT2D eigenvalue weighted by Crippen LogP contribution is 2.45. The summed E-state index contributed by atoms with van der Waals surface area (Å²) in [5, 5.41) is 6.80. The van der Waals surface area contributed by atoms with Gasteiger partial charge < -0.3 is 15.5 Å². The van der Waals surface area contributed by atoms with E-state index in [0.29, 0.717) is 11.8 Å². The Kier molecular flexibility index (Phi) is 4.27. The molecular formula is C22H24F3N3. The molecule has 3 aliphatic rings. The molecule has 2 aromatic rings. The van der Waals surface area contributed by atoms with Crippen LogP contribution < -0.4 is 15.5 Å². The van der Waals surface area contributed by atoms with E-state index < -0.39 is 11.7 Å². The van der Waals surface area contributed by atoms with Gasteiger partial charge in [-0.3, -0.25) is 0 Å². The fraction of sp³-hybridized carbons (Fsp3) is 0.455. The number of nitrogens with one attached hydrogen (secondary N) is 2. The van der Waals surface area contributed by atoms with Crippen molar-refractivity contribution in [2.75, 3.05) is 36.4 Å². The van der Waals surface area contributed by atoms with Crippen molar-refractivity contribution in [3.63, 3.8) is 0 Å². The van der Waals surface area contributed by atoms with Gasteiger partial charge in [0.05, 0.1) is 5.56 Å². The van der Waals surface area contributed by atoms with Gasteiger partial charge in [0.25, 0.3) is 0 Å². The zero-order chi connectivity index (χ0) is 19.3. The molecule has 0 aliphatic carbocycles. The first kappa shape index (κ1) is 17.9. The molecule has 0 radical (unpaired) electrons. The lowest BCUT2D eigenvalue weighted by Crippen LogP contribution is -2.41. The van der Waals surface area contributed by atoms with Crippen LogP contribution in [0.25, 0.3) is 0 Å². The molecule has 2 atom stereocenters. The summed E-state index contributed by atoms with van der Waals surface area (Å²) in [6.45, 7) is 4.43. The van der Waals surface area contributed by atoms with Gasteiger partial charge in [-0.15, -0.1) is 0 Å². The summed E-state index contributed by atoms with van der Waals surface area (Å²) in [5.41, 5.74) is 4.74. The number of rotatable bonds is 3. The number of hydrogen-bond donors (Lipinski definition) is 2. The normalized spacial score (nSPS) is 23.3. The van der Waals surface area contributed by atoms with E-state index in [-0.39, 0.29) is 12.1 Å². The molecule has 2 unspecified atom stereocenters. The fourth-order valence-corrected chi connectivity index (χ4v) is 5.15. The summed E-state index contributed by atoms with van der Waals surface area (Å²) < 4.78 is 39.8. The van der Waals surface area contributed by atoms with Crippen LogP contribution in [0.1, 0.15) is 34.6 Å². The summed E-state index contributed by atoms with van der Waals surface area (Å²) >= 11 is 0. The molecule has 0 spiro atoms. The van der Waals surface area contributed by atoms with Crippen LogP contribution in [0.2, 0.25) is 0 Å². The standard InChI is InChI=1S/C22H24F3N3/c23-22(24,25)20-6-2-1-4-15(20)11-27-17-8-14-5-3-7-28-13-16-10-26-12-19(16)18(9-17)21(14)28/h1-2,4,6,8-9,16,19,26-27H,3,5,7,10-13H2. The van der Waals surface area contributed by atoms with Gasteiger partial charge in [-0.2, -0.15) is 13.2 Å². The van der Waals surface area contributed by atoms with E-state index in [2.05, 4.69) is 27.7 Å². The Morgan fingerprint density at radius 2 is 2.00 bits per heavy atom. The maximum absolute atomic E-state index is 13.3. The summed E-state index contributed by atoms with van der Waals surface area (Å²) in [5.74, 6) is 1.13. The van der Waals surface area contributed by atoms with E-state index in [4.69, 9.17) is 0 Å². The second-order valence-corrected chi connectivity index (χ2v) is 8.16. The molecule has 1 fully saturated rings. The Hall–Kier alpha value is -2.21. The van der Waals surface area contributed by atoms with E-state index in [1.807, 2.05) is 0 Å². The van der Waals surface area contributed by atoms with Gasteiger partial charge in [0.15, 0.2) is 0 Å². The SMILES string of the molecule is FC(F)(F)c1ccccc1CNc1cc2c3c(c1)C1CNCC1CN3CCC2. The molecule has 0 bridgehead atoms. The van der Waals surface area contributed by atoms with Crippen molar-refractivity contribution < 1.29 is 13.2 Å². The molecule has 2 N–H and O–H groups in total. The van der Waals surface area contributed by atoms with Gasteiger partial charge in [-0.1, -0.05) is 18.2 Å². The number of halogens is 3. The van der Waals surface area contributed by atoms with Crippen molar-refractivity contribution in [3.05, 3.63) is 58.7 Å². The Balaban J connectivity index is 1.46. The molecule has 28 heavy (non-hydrogen) atoms. The summed E-state index contributed by atoms with van der Waals surface area (Å²) in [6, 6.07) is 10.1. The smallest absolute Gasteiger partial charge is 0.381 e. The zero-order valence-corrected chi connectivity index (χ0v) is 15.6. The molecule has 148 valence electrons. The van der Waals surface area contributed by atoms with Crippen LogP contribution in [-0.2, 0) is 19.1 Å². The second-order valence-electron chi connectivity index (χ2n) is 8.16. The molecule has 3 heterocycles. The number of anilines is 2. The van der Waals surface area contributed by atoms with Gasteiger partial charge in [0.1, 0.15) is 0 Å². The maximum atomic E-state index is 13.3. The predicted octanol–water partition coefficient (Wildman–Crippen LogP) is 4.39. The molecule has 3 aliphatic heterocycles. The third-order valence-corrected chi connectivity index (χ3v) is 6.41. The first-order chi connectivity index (χ1) is 13.5. The average Bonchev–Trinajstić information content (AvgIpc) is 3.15. The van der Waals surface area contributed by atoms with Crippen LogP contribution in [0.15, 0.2) is 36.4 Å². The van der Waals surface area contributed by atoms with Gasteiger partial charge in [0.2, 0.25) is 0 Å². The molecule has 6 heteroatoms. The maximum Gasteiger partial charge on any atom is 0.416 e. The lowest BCUT2D eigenvalue weighted by atomic mass is 9.80. The topological polar surface area (TPSA) is 27.3 Å². The van der Waals surface area contributed by atoms with E-state index in [0.717, 1.165) is 50.8 Å². The minimum Gasteiger partial charge on any atom is -0.381 e. The first-order valence-corrected chi connectivity index (χ1v) is 10.0. The number of aryl methyl sites for hydroxylation is 1. The average molecular weight is 387 g/mol. The zero-order valence-electron chi connectivity index (χ0n) is 15.6. The minimum absolute atomic E-state index is 0.171. The Labute approximate surface area is 162 Å². The van der Waals surface area contributed by atoms with Crippen LogP contribution >= 0.6 is 0 Å². The number of nitrogens with zero attached hydrogens (tertiary/aromatic N) is 1. The van der Waals surface area contributed by atoms with Gasteiger partial charge in [0, 0.05) is 50.0 Å². The van der Waals surface area contributed by atoms with Crippen LogP contribution in [0.3, 0.4) is 0 Å². The van der Waals surface area contributed by atoms with Crippen LogP contribution in [-0.4, -0.2) is 26.2 Å². The highest BCUT2D eigenvalue weighted by atomic mass is 19.4. The van der Waals surface area contributed by atoms with Gasteiger partial charge in [-0.25, -0.2) is 0 Å². The number of fused-ring (bicyclic) bond motifs is 2. The van der Waals surface area contributed by atoms with E-state index >= 15 is 0 Å². The van der Waals surface area contributed by atoms with Gasteiger partial charge >= 0.3 is 6.18 Å². The van der Waals surface area contributed by atoms with E-state index in [1.165, 1.54) is 22.9 Å². The summed E-state index contributed by atoms with van der Waals surface area (Å²) in [7, 11) is 0.